The fourth-order valence-electron chi connectivity index (χ4n) is 3.46. The number of nitrogens with one attached hydrogen (secondary N) is 1. The summed E-state index contributed by atoms with van der Waals surface area (Å²) in [5.41, 5.74) is 0.929. The van der Waals surface area contributed by atoms with Crippen LogP contribution < -0.4 is 23.8 Å². The number of benzene rings is 2. The number of anilines is 2. The highest BCUT2D eigenvalue weighted by Crippen LogP contribution is 2.40. The highest BCUT2D eigenvalue weighted by Gasteiger charge is 2.29. The molecule has 1 heterocycles. The van der Waals surface area contributed by atoms with E-state index in [0.29, 0.717) is 42.6 Å². The molecule has 0 radical (unpaired) electrons. The van der Waals surface area contributed by atoms with Crippen LogP contribution in [0.3, 0.4) is 0 Å². The van der Waals surface area contributed by atoms with Gasteiger partial charge in [0, 0.05) is 37.5 Å². The number of hydrogen-bond donors (Lipinski definition) is 1. The molecule has 0 unspecified atom stereocenters. The lowest BCUT2D eigenvalue weighted by molar-refractivity contribution is 0.220. The van der Waals surface area contributed by atoms with Crippen LogP contribution in [0, 0.1) is 0 Å². The van der Waals surface area contributed by atoms with Gasteiger partial charge in [-0.1, -0.05) is 6.92 Å². The minimum Gasteiger partial charge on any atom is -0.493 e. The average Bonchev–Trinajstić information content (AvgIpc) is 3.13. The van der Waals surface area contributed by atoms with E-state index in [9.17, 15) is 13.2 Å². The molecule has 1 N–H and O–H groups in total. The van der Waals surface area contributed by atoms with Gasteiger partial charge in [0.05, 0.1) is 31.9 Å². The molecule has 31 heavy (non-hydrogen) atoms. The molecular formula is C21H27N3O6S. The fraction of sp³-hybridized carbons (Fsp3) is 0.381. The van der Waals surface area contributed by atoms with E-state index in [0.717, 1.165) is 6.42 Å². The maximum absolute atomic E-state index is 12.9. The summed E-state index contributed by atoms with van der Waals surface area (Å²) >= 11 is 0. The molecule has 0 aromatic heterocycles. The topological polar surface area (TPSA) is 97.4 Å². The highest BCUT2D eigenvalue weighted by molar-refractivity contribution is 7.92. The monoisotopic (exact) mass is 449 g/mol. The van der Waals surface area contributed by atoms with Crippen LogP contribution in [0.1, 0.15) is 13.3 Å². The Balaban J connectivity index is 1.81. The van der Waals surface area contributed by atoms with Crippen LogP contribution in [0.25, 0.3) is 0 Å². The summed E-state index contributed by atoms with van der Waals surface area (Å²) in [5, 5.41) is 0. The van der Waals surface area contributed by atoms with Crippen molar-refractivity contribution in [3.8, 4) is 17.2 Å². The molecule has 0 spiro atoms. The van der Waals surface area contributed by atoms with Crippen molar-refractivity contribution in [2.45, 2.75) is 18.2 Å². The quantitative estimate of drug-likeness (QED) is 0.632. The minimum absolute atomic E-state index is 0.0620. The maximum Gasteiger partial charge on any atom is 0.324 e. The van der Waals surface area contributed by atoms with E-state index in [-0.39, 0.29) is 16.6 Å². The van der Waals surface area contributed by atoms with Crippen molar-refractivity contribution in [1.29, 1.82) is 0 Å². The molecule has 1 fully saturated rings. The Kier molecular flexibility index (Phi) is 6.79. The number of carbonyl (C=O) groups is 1. The zero-order valence-electron chi connectivity index (χ0n) is 18.0. The Morgan fingerprint density at radius 3 is 2.10 bits per heavy atom. The first-order valence-electron chi connectivity index (χ1n) is 9.84. The Morgan fingerprint density at radius 1 is 0.968 bits per heavy atom. The molecule has 1 saturated heterocycles. The van der Waals surface area contributed by atoms with Crippen LogP contribution in [0.15, 0.2) is 41.3 Å². The summed E-state index contributed by atoms with van der Waals surface area (Å²) in [6.07, 6.45) is 0.892. The van der Waals surface area contributed by atoms with Crippen molar-refractivity contribution in [1.82, 2.24) is 4.90 Å². The Labute approximate surface area is 182 Å². The van der Waals surface area contributed by atoms with Gasteiger partial charge in [-0.2, -0.15) is 0 Å². The van der Waals surface area contributed by atoms with Gasteiger partial charge in [-0.15, -0.1) is 0 Å². The van der Waals surface area contributed by atoms with Crippen molar-refractivity contribution in [2.75, 3.05) is 50.6 Å². The lowest BCUT2D eigenvalue weighted by atomic mass is 10.2. The predicted molar refractivity (Wildman–Crippen MR) is 118 cm³/mol. The van der Waals surface area contributed by atoms with Crippen molar-refractivity contribution >= 4 is 27.4 Å². The van der Waals surface area contributed by atoms with Crippen LogP contribution in [0.2, 0.25) is 0 Å². The average molecular weight is 450 g/mol. The number of amides is 2. The highest BCUT2D eigenvalue weighted by atomic mass is 32.2. The first-order chi connectivity index (χ1) is 14.8. The molecule has 0 aliphatic carbocycles. The molecule has 0 bridgehead atoms. The summed E-state index contributed by atoms with van der Waals surface area (Å²) in [7, 11) is 0.507. The number of urea groups is 1. The Morgan fingerprint density at radius 2 is 1.58 bits per heavy atom. The lowest BCUT2D eigenvalue weighted by Crippen LogP contribution is -2.32. The van der Waals surface area contributed by atoms with E-state index in [1.54, 1.807) is 21.9 Å². The molecule has 2 aromatic rings. The lowest BCUT2D eigenvalue weighted by Gasteiger charge is -2.18. The van der Waals surface area contributed by atoms with Crippen molar-refractivity contribution in [3.63, 3.8) is 0 Å². The van der Waals surface area contributed by atoms with Gasteiger partial charge < -0.3 is 19.1 Å². The summed E-state index contributed by atoms with van der Waals surface area (Å²) in [4.78, 5) is 16.0. The molecule has 0 atom stereocenters. The number of hydrogen-bond acceptors (Lipinski definition) is 6. The van der Waals surface area contributed by atoms with Gasteiger partial charge in [-0.05, 0) is 30.7 Å². The van der Waals surface area contributed by atoms with Gasteiger partial charge in [0.15, 0.2) is 11.5 Å². The SMILES string of the molecule is CCCN1CCN(c2ccc(S(=O)(=O)Nc3cc(OC)c(OC)c(OC)c3)cc2)C1=O. The largest absolute Gasteiger partial charge is 0.493 e. The molecule has 3 rings (SSSR count). The third-order valence-corrected chi connectivity index (χ3v) is 6.36. The molecule has 168 valence electrons. The van der Waals surface area contributed by atoms with E-state index < -0.39 is 10.0 Å². The molecule has 1 aliphatic heterocycles. The molecule has 9 nitrogen and oxygen atoms in total. The van der Waals surface area contributed by atoms with Crippen LogP contribution in [-0.4, -0.2) is 60.3 Å². The molecule has 0 saturated carbocycles. The summed E-state index contributed by atoms with van der Waals surface area (Å²) in [6, 6.07) is 9.19. The first-order valence-corrected chi connectivity index (χ1v) is 11.3. The van der Waals surface area contributed by atoms with Gasteiger partial charge >= 0.3 is 6.03 Å². The third kappa shape index (κ3) is 4.63. The van der Waals surface area contributed by atoms with Crippen LogP contribution in [0.5, 0.6) is 17.2 Å². The number of ether oxygens (including phenoxy) is 3. The normalized spacial score (nSPS) is 14.0. The zero-order valence-corrected chi connectivity index (χ0v) is 18.9. The molecule has 2 aromatic carbocycles. The number of nitrogens with zero attached hydrogens (tertiary/aromatic N) is 2. The standard InChI is InChI=1S/C21H27N3O6S/c1-5-10-23-11-12-24(21(23)25)16-6-8-17(9-7-16)31(26,27)22-15-13-18(28-2)20(30-4)19(14-15)29-3/h6-9,13-14,22H,5,10-12H2,1-4H3. The number of rotatable bonds is 9. The van der Waals surface area contributed by atoms with Crippen LogP contribution in [0.4, 0.5) is 16.2 Å². The number of sulfonamides is 1. The van der Waals surface area contributed by atoms with E-state index in [1.165, 1.54) is 45.6 Å². The van der Waals surface area contributed by atoms with E-state index >= 15 is 0 Å². The minimum atomic E-state index is -3.87. The predicted octanol–water partition coefficient (Wildman–Crippen LogP) is 3.17. The van der Waals surface area contributed by atoms with Crippen LogP contribution in [-0.2, 0) is 10.0 Å². The smallest absolute Gasteiger partial charge is 0.324 e. The van der Waals surface area contributed by atoms with Crippen molar-refractivity contribution in [3.05, 3.63) is 36.4 Å². The molecule has 1 aliphatic rings. The number of carbonyl (C=O) groups excluding carboxylic acids is 1. The van der Waals surface area contributed by atoms with Gasteiger partial charge in [0.2, 0.25) is 5.75 Å². The second-order valence-electron chi connectivity index (χ2n) is 6.93. The van der Waals surface area contributed by atoms with Gasteiger partial charge in [0.1, 0.15) is 0 Å². The van der Waals surface area contributed by atoms with Crippen molar-refractivity contribution in [2.24, 2.45) is 0 Å². The van der Waals surface area contributed by atoms with Crippen LogP contribution >= 0.6 is 0 Å². The second-order valence-corrected chi connectivity index (χ2v) is 8.62. The van der Waals surface area contributed by atoms with E-state index in [2.05, 4.69) is 4.72 Å². The van der Waals surface area contributed by atoms with Gasteiger partial charge in [-0.25, -0.2) is 13.2 Å². The van der Waals surface area contributed by atoms with E-state index in [4.69, 9.17) is 14.2 Å². The van der Waals surface area contributed by atoms with Crippen molar-refractivity contribution < 1.29 is 27.4 Å². The van der Waals surface area contributed by atoms with Gasteiger partial charge in [0.25, 0.3) is 10.0 Å². The van der Waals surface area contributed by atoms with Gasteiger partial charge in [-0.3, -0.25) is 9.62 Å². The Bertz CT molecular complexity index is 1010. The Hall–Kier alpha value is -3.14. The third-order valence-electron chi connectivity index (χ3n) is 4.96. The van der Waals surface area contributed by atoms with E-state index in [1.807, 2.05) is 6.92 Å². The maximum atomic E-state index is 12.9. The summed E-state index contributed by atoms with van der Waals surface area (Å²) < 4.78 is 44.1. The summed E-state index contributed by atoms with van der Waals surface area (Å²) in [6.45, 7) is 3.97. The molecule has 10 heteroatoms. The summed E-state index contributed by atoms with van der Waals surface area (Å²) in [5.74, 6) is 1.03. The second kappa shape index (κ2) is 9.34. The molecule has 2 amide bonds. The molecular weight excluding hydrogens is 422 g/mol. The number of methoxy groups -OCH3 is 3. The fourth-order valence-corrected chi connectivity index (χ4v) is 4.50. The zero-order chi connectivity index (χ0) is 22.6. The first kappa shape index (κ1) is 22.5.